The van der Waals surface area contributed by atoms with Crippen molar-refractivity contribution in [3.8, 4) is 11.5 Å². The normalized spacial score (nSPS) is 14.1. The van der Waals surface area contributed by atoms with Crippen LogP contribution in [0.15, 0.2) is 78.9 Å². The third-order valence-electron chi connectivity index (χ3n) is 5.41. The Balaban J connectivity index is 1.14. The fourth-order valence-corrected chi connectivity index (χ4v) is 3.40. The Morgan fingerprint density at radius 2 is 1.52 bits per heavy atom. The first-order valence-electron chi connectivity index (χ1n) is 11.0. The molecule has 0 spiro atoms. The topological polar surface area (TPSA) is 69.7 Å². The minimum atomic E-state index is -0.473. The summed E-state index contributed by atoms with van der Waals surface area (Å²) in [6.45, 7) is 3.48. The van der Waals surface area contributed by atoms with Crippen molar-refractivity contribution in [1.82, 2.24) is 0 Å². The quantitative estimate of drug-likeness (QED) is 0.185. The number of carbonyl (C=O) groups excluding carboxylic acids is 3. The molecule has 4 rings (SSSR count). The predicted molar refractivity (Wildman–Crippen MR) is 125 cm³/mol. The van der Waals surface area contributed by atoms with Crippen molar-refractivity contribution < 1.29 is 23.9 Å². The molecule has 2 aliphatic rings. The highest BCUT2D eigenvalue weighted by Crippen LogP contribution is 2.37. The molecular weight excluding hydrogens is 416 g/mol. The van der Waals surface area contributed by atoms with Gasteiger partial charge in [0.25, 0.3) is 0 Å². The van der Waals surface area contributed by atoms with Crippen molar-refractivity contribution in [1.29, 1.82) is 0 Å². The van der Waals surface area contributed by atoms with Gasteiger partial charge in [0.15, 0.2) is 5.78 Å². The predicted octanol–water partition coefficient (Wildman–Crippen LogP) is 5.63. The fraction of sp³-hybridized carbons (Fsp3) is 0.179. The number of esters is 2. The van der Waals surface area contributed by atoms with Crippen LogP contribution in [0.5, 0.6) is 11.5 Å². The molecule has 2 aromatic carbocycles. The number of hydrogen-bond donors (Lipinski definition) is 0. The fourth-order valence-electron chi connectivity index (χ4n) is 3.40. The molecule has 0 heterocycles. The lowest BCUT2D eigenvalue weighted by atomic mass is 10.1. The van der Waals surface area contributed by atoms with Gasteiger partial charge in [-0.15, -0.1) is 0 Å². The van der Waals surface area contributed by atoms with Crippen LogP contribution in [-0.2, 0) is 9.59 Å². The second-order valence-electron chi connectivity index (χ2n) is 7.91. The van der Waals surface area contributed by atoms with E-state index in [2.05, 4.69) is 6.58 Å². The lowest BCUT2D eigenvalue weighted by molar-refractivity contribution is -0.134. The van der Waals surface area contributed by atoms with E-state index in [0.29, 0.717) is 23.5 Å². The number of ether oxygens (including phenoxy) is 2. The number of hydrogen-bond acceptors (Lipinski definition) is 5. The van der Waals surface area contributed by atoms with E-state index in [1.807, 2.05) is 30.7 Å². The van der Waals surface area contributed by atoms with E-state index in [0.717, 1.165) is 42.7 Å². The van der Waals surface area contributed by atoms with Crippen LogP contribution < -0.4 is 9.47 Å². The van der Waals surface area contributed by atoms with Gasteiger partial charge in [-0.05, 0) is 66.5 Å². The molecule has 0 amide bonds. The number of ketones is 1. The summed E-state index contributed by atoms with van der Waals surface area (Å²) < 4.78 is 10.7. The summed E-state index contributed by atoms with van der Waals surface area (Å²) in [5.74, 6) is 1.15. The second-order valence-corrected chi connectivity index (χ2v) is 7.91. The van der Waals surface area contributed by atoms with Gasteiger partial charge in [0.2, 0.25) is 0 Å². The zero-order chi connectivity index (χ0) is 23.2. The Morgan fingerprint density at radius 1 is 0.848 bits per heavy atom. The molecule has 0 aromatic heterocycles. The molecule has 0 atom stereocenters. The van der Waals surface area contributed by atoms with Crippen molar-refractivity contribution in [3.05, 3.63) is 102 Å². The van der Waals surface area contributed by atoms with Crippen LogP contribution in [-0.4, -0.2) is 17.7 Å². The molecule has 0 fully saturated rings. The molecule has 0 bridgehead atoms. The summed E-state index contributed by atoms with van der Waals surface area (Å²) in [7, 11) is 0. The molecule has 2 aliphatic carbocycles. The standard InChI is InChI=1S/C28H24O5/c1-2-26(29)25-18-22(25)6-4-3-5-7-27(30)32-23-16-12-21(13-17-23)28(31)33-24-14-10-20(11-15-24)19-8-9-19/h2,8-18H,1,3-7H2. The van der Waals surface area contributed by atoms with Gasteiger partial charge in [-0.2, -0.15) is 0 Å². The highest BCUT2D eigenvalue weighted by atomic mass is 16.5. The molecule has 0 saturated heterocycles. The van der Waals surface area contributed by atoms with E-state index in [9.17, 15) is 14.4 Å². The van der Waals surface area contributed by atoms with Crippen molar-refractivity contribution in [2.24, 2.45) is 0 Å². The van der Waals surface area contributed by atoms with Crippen molar-refractivity contribution in [2.75, 3.05) is 0 Å². The maximum absolute atomic E-state index is 12.3. The van der Waals surface area contributed by atoms with Gasteiger partial charge in [0, 0.05) is 24.3 Å². The van der Waals surface area contributed by atoms with Gasteiger partial charge in [-0.1, -0.05) is 43.7 Å². The van der Waals surface area contributed by atoms with Gasteiger partial charge in [0.1, 0.15) is 11.5 Å². The third kappa shape index (κ3) is 6.39. The molecule has 0 aliphatic heterocycles. The number of allylic oxidation sites excluding steroid dienone is 5. The van der Waals surface area contributed by atoms with E-state index < -0.39 is 5.97 Å². The van der Waals surface area contributed by atoms with Gasteiger partial charge < -0.3 is 9.47 Å². The first-order chi connectivity index (χ1) is 16.0. The minimum absolute atomic E-state index is 0.0210. The van der Waals surface area contributed by atoms with E-state index in [4.69, 9.17) is 9.47 Å². The number of unbranched alkanes of at least 4 members (excludes halogenated alkanes) is 2. The number of rotatable bonds is 12. The van der Waals surface area contributed by atoms with Gasteiger partial charge >= 0.3 is 11.9 Å². The lowest BCUT2D eigenvalue weighted by Crippen LogP contribution is -2.10. The number of benzene rings is 2. The Kier molecular flexibility index (Phi) is 6.98. The zero-order valence-corrected chi connectivity index (χ0v) is 18.2. The summed E-state index contributed by atoms with van der Waals surface area (Å²) in [6, 6.07) is 13.6. The van der Waals surface area contributed by atoms with Gasteiger partial charge in [0.05, 0.1) is 5.56 Å². The maximum atomic E-state index is 12.3. The third-order valence-corrected chi connectivity index (χ3v) is 5.41. The molecule has 0 saturated carbocycles. The maximum Gasteiger partial charge on any atom is 0.343 e. The summed E-state index contributed by atoms with van der Waals surface area (Å²) in [5.41, 5.74) is 3.43. The Hall–Kier alpha value is -3.73. The van der Waals surface area contributed by atoms with Crippen molar-refractivity contribution in [2.45, 2.75) is 32.1 Å². The molecule has 0 unspecified atom stereocenters. The van der Waals surface area contributed by atoms with Gasteiger partial charge in [-0.25, -0.2) is 4.79 Å². The first-order valence-corrected chi connectivity index (χ1v) is 11.0. The van der Waals surface area contributed by atoms with Crippen LogP contribution in [0.1, 0.15) is 48.0 Å². The highest BCUT2D eigenvalue weighted by Gasteiger charge is 2.29. The van der Waals surface area contributed by atoms with E-state index in [-0.39, 0.29) is 11.8 Å². The van der Waals surface area contributed by atoms with E-state index in [1.54, 1.807) is 36.4 Å². The number of carbonyl (C=O) groups is 3. The molecule has 33 heavy (non-hydrogen) atoms. The average molecular weight is 440 g/mol. The summed E-state index contributed by atoms with van der Waals surface area (Å²) >= 11 is 0. The van der Waals surface area contributed by atoms with Crippen molar-refractivity contribution in [3.63, 3.8) is 0 Å². The zero-order valence-electron chi connectivity index (χ0n) is 18.2. The Morgan fingerprint density at radius 3 is 2.18 bits per heavy atom. The molecule has 2 aromatic rings. The summed E-state index contributed by atoms with van der Waals surface area (Å²) in [6.07, 6.45) is 10.9. The minimum Gasteiger partial charge on any atom is -0.427 e. The van der Waals surface area contributed by atoms with Crippen LogP contribution >= 0.6 is 0 Å². The SMILES string of the molecule is C=CC(=O)C1=C[C]1CCCCCC(=O)Oc1ccc(C(=O)Oc2ccc(C3=C[CH]3)cc2)cc1. The molecule has 5 heteroatoms. The van der Waals surface area contributed by atoms with Crippen LogP contribution in [0.25, 0.3) is 5.57 Å². The monoisotopic (exact) mass is 440 g/mol. The Labute approximate surface area is 193 Å². The largest absolute Gasteiger partial charge is 0.427 e. The molecular formula is C28H24O5. The summed E-state index contributed by atoms with van der Waals surface area (Å²) in [4.78, 5) is 35.8. The molecule has 2 radical (unpaired) electrons. The molecule has 5 nitrogen and oxygen atoms in total. The van der Waals surface area contributed by atoms with Crippen LogP contribution in [0.3, 0.4) is 0 Å². The molecule has 0 N–H and O–H groups in total. The first kappa shape index (κ1) is 22.5. The van der Waals surface area contributed by atoms with Crippen LogP contribution in [0, 0.1) is 12.3 Å². The van der Waals surface area contributed by atoms with Crippen molar-refractivity contribution >= 4 is 23.3 Å². The van der Waals surface area contributed by atoms with Crippen LogP contribution in [0.4, 0.5) is 0 Å². The summed E-state index contributed by atoms with van der Waals surface area (Å²) in [5, 5.41) is 0. The lowest BCUT2D eigenvalue weighted by Gasteiger charge is -2.07. The van der Waals surface area contributed by atoms with E-state index in [1.165, 1.54) is 11.6 Å². The van der Waals surface area contributed by atoms with Gasteiger partial charge in [-0.3, -0.25) is 9.59 Å². The van der Waals surface area contributed by atoms with Crippen LogP contribution in [0.2, 0.25) is 0 Å². The smallest absolute Gasteiger partial charge is 0.343 e. The Bertz CT molecular complexity index is 1120. The second kappa shape index (κ2) is 10.3. The highest BCUT2D eigenvalue weighted by molar-refractivity contribution is 6.11. The van der Waals surface area contributed by atoms with E-state index >= 15 is 0 Å². The average Bonchev–Trinajstić information content (AvgIpc) is 3.74. The molecule has 166 valence electrons.